The van der Waals surface area contributed by atoms with Gasteiger partial charge in [-0.15, -0.1) is 0 Å². The Labute approximate surface area is 324 Å². The molecule has 0 aliphatic rings. The van der Waals surface area contributed by atoms with Crippen LogP contribution in [0.5, 0.6) is 0 Å². The van der Waals surface area contributed by atoms with Crippen LogP contribution < -0.4 is 21.0 Å². The van der Waals surface area contributed by atoms with Crippen LogP contribution in [0.4, 0.5) is 0 Å². The highest BCUT2D eigenvalue weighted by atomic mass is 28.3. The van der Waals surface area contributed by atoms with E-state index in [2.05, 4.69) is 211 Å². The fraction of sp³-hybridized carbons (Fsp3) is 0. The number of hydrogen-bond acceptors (Lipinski definition) is 3. The van der Waals surface area contributed by atoms with Crippen molar-refractivity contribution in [1.82, 2.24) is 19.5 Å². The monoisotopic (exact) mass is 730 g/mol. The first-order chi connectivity index (χ1) is 27.8. The van der Waals surface area contributed by atoms with Gasteiger partial charge in [-0.25, -0.2) is 15.0 Å². The van der Waals surface area contributed by atoms with E-state index in [1.54, 1.807) is 0 Å². The van der Waals surface area contributed by atoms with Gasteiger partial charge >= 0.3 is 0 Å². The summed E-state index contributed by atoms with van der Waals surface area (Å²) >= 11 is 0. The van der Waals surface area contributed by atoms with Crippen LogP contribution in [0, 0.1) is 0 Å². The Morgan fingerprint density at radius 3 is 1.30 bits per heavy atom. The summed E-state index contributed by atoms with van der Waals surface area (Å²) < 4.78 is 2.42. The van der Waals surface area contributed by atoms with E-state index in [1.807, 2.05) is 0 Å². The van der Waals surface area contributed by atoms with Crippen LogP contribution in [0.2, 0.25) is 0 Å². The second-order valence-corrected chi connectivity index (χ2v) is 18.0. The standard InChI is InChI=1S/C51H34N4Si/c1-5-19-36(20-6-1)55-47-32-18-17-29-42(47)46-34-35-33-45(48(46)55)41-28-14-16-31-44(41)50-52-49(43-30-15-13-27-40(35)43)53-51(54-50)56(37-21-7-2-8-22-37,38-23-9-3-10-24-38)39-25-11-4-12-26-39/h1-34H. The Kier molecular flexibility index (Phi) is 7.47. The number of benzene rings is 8. The zero-order valence-corrected chi connectivity index (χ0v) is 31.4. The van der Waals surface area contributed by atoms with Gasteiger partial charge in [-0.1, -0.05) is 176 Å². The zero-order valence-electron chi connectivity index (χ0n) is 30.4. The third-order valence-corrected chi connectivity index (χ3v) is 15.8. The molecule has 0 atom stereocenters. The molecule has 262 valence electrons. The molecule has 5 heteroatoms. The topological polar surface area (TPSA) is 43.6 Å². The van der Waals surface area contributed by atoms with E-state index in [0.29, 0.717) is 11.3 Å². The van der Waals surface area contributed by atoms with Crippen molar-refractivity contribution >= 4 is 94.5 Å². The van der Waals surface area contributed by atoms with Gasteiger partial charge in [0.05, 0.1) is 11.0 Å². The summed E-state index contributed by atoms with van der Waals surface area (Å²) in [6.07, 6.45) is 0. The lowest BCUT2D eigenvalue weighted by Crippen LogP contribution is -2.76. The lowest BCUT2D eigenvalue weighted by molar-refractivity contribution is 1.19. The molecule has 0 radical (unpaired) electrons. The van der Waals surface area contributed by atoms with Crippen molar-refractivity contribution in [2.24, 2.45) is 0 Å². The van der Waals surface area contributed by atoms with Crippen molar-refractivity contribution in [2.45, 2.75) is 0 Å². The van der Waals surface area contributed by atoms with Crippen molar-refractivity contribution in [3.05, 3.63) is 206 Å². The molecule has 8 aromatic carbocycles. The minimum Gasteiger partial charge on any atom is -0.309 e. The largest absolute Gasteiger partial charge is 0.309 e. The van der Waals surface area contributed by atoms with E-state index in [9.17, 15) is 0 Å². The van der Waals surface area contributed by atoms with E-state index in [1.165, 1.54) is 26.3 Å². The molecule has 0 fully saturated rings. The predicted octanol–water partition coefficient (Wildman–Crippen LogP) is 9.52. The average Bonchev–Trinajstić information content (AvgIpc) is 3.62. The van der Waals surface area contributed by atoms with Crippen molar-refractivity contribution in [3.8, 4) is 5.69 Å². The minimum absolute atomic E-state index is 0.665. The maximum atomic E-state index is 5.67. The number of hydrogen-bond donors (Lipinski definition) is 0. The Morgan fingerprint density at radius 1 is 0.339 bits per heavy atom. The maximum Gasteiger partial charge on any atom is 0.226 e. The summed E-state index contributed by atoms with van der Waals surface area (Å²) in [5.41, 5.74) is 5.58. The van der Waals surface area contributed by atoms with E-state index >= 15 is 0 Å². The third kappa shape index (κ3) is 4.88. The van der Waals surface area contributed by atoms with Crippen molar-refractivity contribution in [3.63, 3.8) is 0 Å². The summed E-state index contributed by atoms with van der Waals surface area (Å²) in [4.78, 5) is 16.7. The molecule has 11 aromatic rings. The van der Waals surface area contributed by atoms with Gasteiger partial charge in [-0.3, -0.25) is 0 Å². The Bertz CT molecular complexity index is 3200. The maximum absolute atomic E-state index is 5.67. The first-order valence-corrected chi connectivity index (χ1v) is 21.0. The molecule has 0 saturated carbocycles. The lowest BCUT2D eigenvalue weighted by Gasteiger charge is -2.32. The SMILES string of the molecule is c1ccc(-n2c3ccccc3c3cc4cc(c5ccccc5c5nc([Si](c6ccccc6)(c6ccccc6)c6ccccc6)nc(n5)c5ccccc45)c32)cc1. The molecule has 4 nitrogen and oxygen atoms in total. The molecule has 0 saturated heterocycles. The van der Waals surface area contributed by atoms with Gasteiger partial charge in [0, 0.05) is 32.6 Å². The van der Waals surface area contributed by atoms with Gasteiger partial charge in [-0.2, -0.15) is 0 Å². The van der Waals surface area contributed by atoms with E-state index < -0.39 is 8.07 Å². The van der Waals surface area contributed by atoms with Crippen LogP contribution in [-0.4, -0.2) is 27.6 Å². The summed E-state index contributed by atoms with van der Waals surface area (Å²) in [6.45, 7) is 0. The molecule has 0 amide bonds. The summed E-state index contributed by atoms with van der Waals surface area (Å²) in [5.74, 6) is 0. The first kappa shape index (κ1) is 32.2. The average molecular weight is 731 g/mol. The van der Waals surface area contributed by atoms with Gasteiger partial charge in [0.25, 0.3) is 0 Å². The van der Waals surface area contributed by atoms with Gasteiger partial charge in [0.2, 0.25) is 8.07 Å². The van der Waals surface area contributed by atoms with Crippen LogP contribution >= 0.6 is 0 Å². The van der Waals surface area contributed by atoms with E-state index in [4.69, 9.17) is 15.0 Å². The number of rotatable bonds is 5. The first-order valence-electron chi connectivity index (χ1n) is 19.0. The summed E-state index contributed by atoms with van der Waals surface area (Å²) in [6, 6.07) is 74.0. The fourth-order valence-electron chi connectivity index (χ4n) is 8.88. The summed E-state index contributed by atoms with van der Waals surface area (Å²) in [5, 5.41) is 12.4. The van der Waals surface area contributed by atoms with Gasteiger partial charge in [0.1, 0.15) is 5.45 Å². The molecule has 11 rings (SSSR count). The van der Waals surface area contributed by atoms with Crippen molar-refractivity contribution < 1.29 is 0 Å². The van der Waals surface area contributed by atoms with E-state index in [0.717, 1.165) is 54.5 Å². The lowest BCUT2D eigenvalue weighted by atomic mass is 10.0. The second-order valence-electron chi connectivity index (χ2n) is 14.4. The predicted molar refractivity (Wildman–Crippen MR) is 237 cm³/mol. The normalized spacial score (nSPS) is 11.9. The molecule has 0 N–H and O–H groups in total. The van der Waals surface area contributed by atoms with Crippen LogP contribution in [0.25, 0.3) is 71.1 Å². The molecule has 3 heterocycles. The number of para-hydroxylation sites is 2. The molecule has 3 aromatic heterocycles. The van der Waals surface area contributed by atoms with Crippen LogP contribution in [-0.2, 0) is 0 Å². The third-order valence-electron chi connectivity index (χ3n) is 11.3. The molecule has 0 spiro atoms. The second kappa shape index (κ2) is 13.0. The number of fused-ring (bicyclic) bond motifs is 14. The minimum atomic E-state index is -3.11. The Morgan fingerprint density at radius 2 is 0.750 bits per heavy atom. The molecular weight excluding hydrogens is 697 g/mol. The molecule has 4 bridgehead atoms. The van der Waals surface area contributed by atoms with E-state index in [-0.39, 0.29) is 0 Å². The smallest absolute Gasteiger partial charge is 0.226 e. The Balaban J connectivity index is 1.40. The fourth-order valence-corrected chi connectivity index (χ4v) is 13.3. The summed E-state index contributed by atoms with van der Waals surface area (Å²) in [7, 11) is -3.11. The molecule has 0 aliphatic heterocycles. The van der Waals surface area contributed by atoms with Gasteiger partial charge < -0.3 is 4.57 Å². The highest BCUT2D eigenvalue weighted by molar-refractivity contribution is 7.19. The molecule has 56 heavy (non-hydrogen) atoms. The molecule has 0 aliphatic carbocycles. The molecular formula is C51H34N4Si. The van der Waals surface area contributed by atoms with Crippen molar-refractivity contribution in [2.75, 3.05) is 0 Å². The zero-order chi connectivity index (χ0) is 37.1. The van der Waals surface area contributed by atoms with Crippen LogP contribution in [0.3, 0.4) is 0 Å². The van der Waals surface area contributed by atoms with Crippen LogP contribution in [0.15, 0.2) is 206 Å². The van der Waals surface area contributed by atoms with Gasteiger partial charge in [0.15, 0.2) is 11.3 Å². The Hall–Kier alpha value is -7.21. The van der Waals surface area contributed by atoms with Crippen LogP contribution in [0.1, 0.15) is 0 Å². The van der Waals surface area contributed by atoms with Gasteiger partial charge in [-0.05, 0) is 62.1 Å². The highest BCUT2D eigenvalue weighted by Gasteiger charge is 2.45. The van der Waals surface area contributed by atoms with Crippen molar-refractivity contribution in [1.29, 1.82) is 0 Å². The molecule has 0 unspecified atom stereocenters. The quantitative estimate of drug-likeness (QED) is 0.131. The number of aromatic nitrogens is 4. The number of nitrogens with zero attached hydrogens (tertiary/aromatic N) is 4. The highest BCUT2D eigenvalue weighted by Crippen LogP contribution is 2.39.